The number of nitrogens with zero attached hydrogens (tertiary/aromatic N) is 1. The van der Waals surface area contributed by atoms with E-state index in [0.717, 1.165) is 96.3 Å². The second-order valence-electron chi connectivity index (χ2n) is 19.4. The summed E-state index contributed by atoms with van der Waals surface area (Å²) in [7, 11) is 5.41. The molecule has 8 heteroatoms. The Morgan fingerprint density at radius 2 is 0.779 bits per heavy atom. The van der Waals surface area contributed by atoms with Crippen molar-refractivity contribution in [2.24, 2.45) is 0 Å². The maximum Gasteiger partial charge on any atom is 0.306 e. The van der Waals surface area contributed by atoms with Crippen molar-refractivity contribution in [3.05, 3.63) is 85.1 Å². The Morgan fingerprint density at radius 3 is 1.15 bits per heavy atom. The lowest BCUT2D eigenvalue weighted by Crippen LogP contribution is -2.55. The summed E-state index contributed by atoms with van der Waals surface area (Å²) in [6.07, 6.45) is 66.2. The van der Waals surface area contributed by atoms with Gasteiger partial charge in [-0.3, -0.25) is 9.59 Å². The molecule has 0 bridgehead atoms. The Kier molecular flexibility index (Phi) is 47.4. The molecule has 0 heterocycles. The van der Waals surface area contributed by atoms with Gasteiger partial charge in [0.2, 0.25) is 0 Å². The molecule has 0 N–H and O–H groups in total. The second-order valence-corrected chi connectivity index (χ2v) is 19.4. The number of carboxylic acids is 1. The minimum absolute atomic E-state index is 0.0331. The van der Waals surface area contributed by atoms with E-state index >= 15 is 0 Å². The van der Waals surface area contributed by atoms with Gasteiger partial charge in [0.25, 0.3) is 0 Å². The first-order valence-electron chi connectivity index (χ1n) is 27.6. The van der Waals surface area contributed by atoms with Crippen LogP contribution in [0.1, 0.15) is 226 Å². The number of hydrogen-bond acceptors (Lipinski definition) is 7. The lowest BCUT2D eigenvalue weighted by atomic mass is 10.0. The average molecular weight is 950 g/mol. The molecule has 0 radical (unpaired) electrons. The SMILES string of the molecule is CC/C=C/C/C=C/C/C=C/C/C=C/C/C=C/CCCCCCCCCC(=O)OC(COCCC(C(=O)[O-])[N+](C)(C)C)COC(=O)CCCCCCCCCCCCCCCC/C=C/C/C=C/CC. The van der Waals surface area contributed by atoms with Crippen molar-refractivity contribution in [2.45, 2.75) is 238 Å². The van der Waals surface area contributed by atoms with Gasteiger partial charge in [-0.1, -0.05) is 208 Å². The summed E-state index contributed by atoms with van der Waals surface area (Å²) in [5, 5.41) is 11.7. The molecule has 0 rings (SSSR count). The quantitative estimate of drug-likeness (QED) is 0.0259. The fourth-order valence-corrected chi connectivity index (χ4v) is 7.84. The lowest BCUT2D eigenvalue weighted by molar-refractivity contribution is -0.889. The van der Waals surface area contributed by atoms with E-state index in [2.05, 4.69) is 98.9 Å². The molecule has 0 fully saturated rings. The first-order chi connectivity index (χ1) is 33.1. The highest BCUT2D eigenvalue weighted by Crippen LogP contribution is 2.16. The highest BCUT2D eigenvalue weighted by atomic mass is 16.6. The molecule has 0 aliphatic carbocycles. The third kappa shape index (κ3) is 47.6. The van der Waals surface area contributed by atoms with Crippen LogP contribution in [-0.4, -0.2) is 75.5 Å². The zero-order chi connectivity index (χ0) is 49.9. The van der Waals surface area contributed by atoms with E-state index in [-0.39, 0.29) is 42.7 Å². The maximum atomic E-state index is 12.8. The third-order valence-corrected chi connectivity index (χ3v) is 12.0. The Labute approximate surface area is 418 Å². The normalized spacial score (nSPS) is 13.5. The van der Waals surface area contributed by atoms with Crippen LogP contribution in [0.2, 0.25) is 0 Å². The highest BCUT2D eigenvalue weighted by molar-refractivity contribution is 5.70. The van der Waals surface area contributed by atoms with E-state index in [1.807, 2.05) is 0 Å². The molecular weight excluding hydrogens is 847 g/mol. The second kappa shape index (κ2) is 49.9. The number of carbonyl (C=O) groups is 3. The number of ether oxygens (including phenoxy) is 3. The maximum absolute atomic E-state index is 12.8. The van der Waals surface area contributed by atoms with E-state index in [0.29, 0.717) is 12.8 Å². The van der Waals surface area contributed by atoms with Crippen molar-refractivity contribution in [1.82, 2.24) is 0 Å². The van der Waals surface area contributed by atoms with Crippen molar-refractivity contribution < 1.29 is 38.2 Å². The van der Waals surface area contributed by atoms with Gasteiger partial charge in [0.05, 0.1) is 40.3 Å². The standard InChI is InChI=1S/C60H103NO7/c1-6-8-10-12-14-16-18-20-22-24-26-28-29-31-33-35-37-39-41-43-45-47-49-51-59(63)68-56(54-66-53-52-57(60(64)65)61(3,4)5)55-67-58(62)50-48-46-44-42-40-38-36-34-32-30-27-25-23-21-19-17-15-13-11-9-7-2/h8-11,14-17,20,22,26,28,31,33,56-57H,6-7,12-13,18-19,21,23-25,27,29-30,32,34-55H2,1-5H3/b10-8+,11-9+,16-14+,17-15+,22-20+,28-26+,33-31+. The summed E-state index contributed by atoms with van der Waals surface area (Å²) >= 11 is 0. The fourth-order valence-electron chi connectivity index (χ4n) is 7.84. The number of carbonyl (C=O) groups excluding carboxylic acids is 3. The fraction of sp³-hybridized carbons (Fsp3) is 0.717. The van der Waals surface area contributed by atoms with Crippen molar-refractivity contribution in [2.75, 3.05) is 41.0 Å². The van der Waals surface area contributed by atoms with Crippen LogP contribution < -0.4 is 5.11 Å². The number of allylic oxidation sites excluding steroid dienone is 14. The van der Waals surface area contributed by atoms with E-state index < -0.39 is 18.1 Å². The number of rotatable bonds is 49. The average Bonchev–Trinajstić information content (AvgIpc) is 3.30. The molecule has 0 saturated carbocycles. The summed E-state index contributed by atoms with van der Waals surface area (Å²) < 4.78 is 17.3. The van der Waals surface area contributed by atoms with Crippen LogP contribution in [0.3, 0.4) is 0 Å². The van der Waals surface area contributed by atoms with Gasteiger partial charge in [-0.15, -0.1) is 0 Å². The number of carboxylic acid groups (broad SMARTS) is 1. The number of unbranched alkanes of at least 4 members (excludes halogenated alkanes) is 21. The summed E-state index contributed by atoms with van der Waals surface area (Å²) in [6, 6.07) is -0.733. The van der Waals surface area contributed by atoms with Crippen molar-refractivity contribution in [3.8, 4) is 0 Å². The zero-order valence-corrected chi connectivity index (χ0v) is 44.5. The van der Waals surface area contributed by atoms with Crippen LogP contribution in [0.25, 0.3) is 0 Å². The summed E-state index contributed by atoms with van der Waals surface area (Å²) in [5.74, 6) is -1.75. The van der Waals surface area contributed by atoms with Crippen molar-refractivity contribution in [1.29, 1.82) is 0 Å². The Balaban J connectivity index is 4.22. The number of likely N-dealkylation sites (N-methyl/N-ethyl adjacent to an activating group) is 1. The lowest BCUT2D eigenvalue weighted by Gasteiger charge is -2.34. The molecule has 390 valence electrons. The van der Waals surface area contributed by atoms with Gasteiger partial charge in [0, 0.05) is 19.3 Å². The number of aliphatic carboxylic acids is 1. The summed E-state index contributed by atoms with van der Waals surface area (Å²) in [4.78, 5) is 37.1. The van der Waals surface area contributed by atoms with Crippen molar-refractivity contribution in [3.63, 3.8) is 0 Å². The van der Waals surface area contributed by atoms with Crippen LogP contribution >= 0.6 is 0 Å². The smallest absolute Gasteiger partial charge is 0.306 e. The highest BCUT2D eigenvalue weighted by Gasteiger charge is 2.25. The molecule has 0 saturated heterocycles. The summed E-state index contributed by atoms with van der Waals surface area (Å²) in [5.41, 5.74) is 0. The van der Waals surface area contributed by atoms with Crippen molar-refractivity contribution >= 4 is 17.9 Å². The molecule has 0 amide bonds. The van der Waals surface area contributed by atoms with Crippen LogP contribution in [0, 0.1) is 0 Å². The van der Waals surface area contributed by atoms with Crippen LogP contribution in [0.15, 0.2) is 85.1 Å². The van der Waals surface area contributed by atoms with Crippen LogP contribution in [-0.2, 0) is 28.6 Å². The predicted molar refractivity (Wildman–Crippen MR) is 286 cm³/mol. The largest absolute Gasteiger partial charge is 0.544 e. The van der Waals surface area contributed by atoms with Gasteiger partial charge < -0.3 is 28.6 Å². The Bertz CT molecular complexity index is 1380. The van der Waals surface area contributed by atoms with Gasteiger partial charge in [-0.2, -0.15) is 0 Å². The number of quaternary nitrogens is 1. The van der Waals surface area contributed by atoms with Gasteiger partial charge in [0.1, 0.15) is 12.6 Å². The molecule has 0 aliphatic rings. The van der Waals surface area contributed by atoms with Gasteiger partial charge in [-0.05, 0) is 83.5 Å². The molecule has 0 spiro atoms. The topological polar surface area (TPSA) is 102 Å². The molecule has 2 atom stereocenters. The molecule has 0 aliphatic heterocycles. The van der Waals surface area contributed by atoms with Gasteiger partial charge in [-0.25, -0.2) is 0 Å². The molecule has 0 aromatic heterocycles. The van der Waals surface area contributed by atoms with Gasteiger partial charge >= 0.3 is 11.9 Å². The third-order valence-electron chi connectivity index (χ3n) is 12.0. The number of hydrogen-bond donors (Lipinski definition) is 0. The first-order valence-corrected chi connectivity index (χ1v) is 27.6. The predicted octanol–water partition coefficient (Wildman–Crippen LogP) is 15.1. The molecule has 8 nitrogen and oxygen atoms in total. The van der Waals surface area contributed by atoms with E-state index in [1.54, 1.807) is 21.1 Å². The monoisotopic (exact) mass is 950 g/mol. The zero-order valence-electron chi connectivity index (χ0n) is 44.5. The van der Waals surface area contributed by atoms with Crippen LogP contribution in [0.4, 0.5) is 0 Å². The van der Waals surface area contributed by atoms with E-state index in [9.17, 15) is 19.5 Å². The minimum atomic E-state index is -1.13. The Morgan fingerprint density at radius 1 is 0.441 bits per heavy atom. The summed E-state index contributed by atoms with van der Waals surface area (Å²) in [6.45, 7) is 4.45. The molecule has 0 aromatic carbocycles. The first kappa shape index (κ1) is 64.5. The van der Waals surface area contributed by atoms with Gasteiger partial charge in [0.15, 0.2) is 6.10 Å². The molecular formula is C60H103NO7. The van der Waals surface area contributed by atoms with E-state index in [4.69, 9.17) is 14.2 Å². The molecule has 0 aromatic rings. The minimum Gasteiger partial charge on any atom is -0.544 e. The van der Waals surface area contributed by atoms with E-state index in [1.165, 1.54) is 96.3 Å². The molecule has 2 unspecified atom stereocenters. The number of esters is 2. The van der Waals surface area contributed by atoms with Crippen LogP contribution in [0.5, 0.6) is 0 Å². The molecule has 68 heavy (non-hydrogen) atoms. The Hall–Kier alpha value is -3.49.